The van der Waals surface area contributed by atoms with Crippen LogP contribution in [0.25, 0.3) is 0 Å². The summed E-state index contributed by atoms with van der Waals surface area (Å²) in [4.78, 5) is 10.3. The zero-order chi connectivity index (χ0) is 13.2. The lowest BCUT2D eigenvalue weighted by Gasteiger charge is -2.19. The molecule has 1 saturated heterocycles. The molecule has 2 aromatic rings. The Kier molecular flexibility index (Phi) is 3.25. The molecular weight excluding hydrogens is 260 g/mol. The summed E-state index contributed by atoms with van der Waals surface area (Å²) in [7, 11) is 0. The molecule has 0 bridgehead atoms. The van der Waals surface area contributed by atoms with Crippen LogP contribution >= 0.6 is 11.6 Å². The highest BCUT2D eigenvalue weighted by Gasteiger charge is 2.26. The van der Waals surface area contributed by atoms with Crippen LogP contribution < -0.4 is 10.6 Å². The molecule has 3 rings (SSSR count). The minimum Gasteiger partial charge on any atom is -0.394 e. The molecule has 0 radical (unpaired) electrons. The molecule has 0 saturated carbocycles. The molecule has 1 aromatic heterocycles. The highest BCUT2D eigenvalue weighted by Crippen LogP contribution is 2.32. The van der Waals surface area contributed by atoms with Gasteiger partial charge in [0, 0.05) is 19.0 Å². The fourth-order valence-corrected chi connectivity index (χ4v) is 2.69. The maximum Gasteiger partial charge on any atom is 0.224 e. The van der Waals surface area contributed by atoms with Crippen LogP contribution in [0, 0.1) is 0 Å². The largest absolute Gasteiger partial charge is 0.394 e. The van der Waals surface area contributed by atoms with Gasteiger partial charge in [0.15, 0.2) is 5.82 Å². The molecule has 2 N–H and O–H groups in total. The summed E-state index contributed by atoms with van der Waals surface area (Å²) in [5.41, 5.74) is 7.87. The Morgan fingerprint density at radius 2 is 2.05 bits per heavy atom. The summed E-state index contributed by atoms with van der Waals surface area (Å²) in [5.74, 6) is 1.27. The molecule has 5 heteroatoms. The second kappa shape index (κ2) is 5.05. The Balaban J connectivity index is 1.81. The minimum atomic E-state index is 0.243. The van der Waals surface area contributed by atoms with E-state index in [1.165, 1.54) is 5.56 Å². The van der Waals surface area contributed by atoms with E-state index in [0.29, 0.717) is 11.6 Å². The normalized spacial score (nSPS) is 18.8. The number of anilines is 2. The van der Waals surface area contributed by atoms with Crippen LogP contribution in [0.2, 0.25) is 5.28 Å². The van der Waals surface area contributed by atoms with Crippen molar-refractivity contribution < 1.29 is 0 Å². The Morgan fingerprint density at radius 1 is 1.26 bits per heavy atom. The van der Waals surface area contributed by atoms with E-state index in [9.17, 15) is 0 Å². The van der Waals surface area contributed by atoms with E-state index in [2.05, 4.69) is 39.1 Å². The van der Waals surface area contributed by atoms with Crippen LogP contribution in [-0.2, 0) is 0 Å². The number of aromatic nitrogens is 2. The average Bonchev–Trinajstić information content (AvgIpc) is 2.92. The van der Waals surface area contributed by atoms with Gasteiger partial charge in [-0.1, -0.05) is 30.3 Å². The van der Waals surface area contributed by atoms with E-state index in [-0.39, 0.29) is 5.28 Å². The van der Waals surface area contributed by atoms with Gasteiger partial charge in [-0.15, -0.1) is 0 Å². The van der Waals surface area contributed by atoms with Gasteiger partial charge in [0.25, 0.3) is 0 Å². The Bertz CT molecular complexity index is 573. The monoisotopic (exact) mass is 274 g/mol. The summed E-state index contributed by atoms with van der Waals surface area (Å²) in [6.45, 7) is 1.86. The number of hydrogen-bond donors (Lipinski definition) is 1. The summed E-state index contributed by atoms with van der Waals surface area (Å²) in [6, 6.07) is 10.5. The first-order valence-corrected chi connectivity index (χ1v) is 6.70. The van der Waals surface area contributed by atoms with E-state index in [1.807, 2.05) is 6.07 Å². The van der Waals surface area contributed by atoms with Crippen molar-refractivity contribution in [2.75, 3.05) is 23.7 Å². The first-order chi connectivity index (χ1) is 9.24. The molecule has 2 heterocycles. The predicted octanol–water partition coefficient (Wildman–Crippen LogP) is 2.71. The smallest absolute Gasteiger partial charge is 0.224 e. The molecule has 19 heavy (non-hydrogen) atoms. The zero-order valence-electron chi connectivity index (χ0n) is 10.5. The first kappa shape index (κ1) is 12.2. The predicted molar refractivity (Wildman–Crippen MR) is 77.5 cm³/mol. The lowest BCUT2D eigenvalue weighted by atomic mass is 9.99. The molecule has 4 nitrogen and oxygen atoms in total. The molecule has 0 amide bonds. The van der Waals surface area contributed by atoms with Gasteiger partial charge in [-0.05, 0) is 23.6 Å². The first-order valence-electron chi connectivity index (χ1n) is 6.32. The van der Waals surface area contributed by atoms with Gasteiger partial charge in [-0.3, -0.25) is 0 Å². The van der Waals surface area contributed by atoms with Gasteiger partial charge >= 0.3 is 0 Å². The summed E-state index contributed by atoms with van der Waals surface area (Å²) >= 11 is 5.84. The summed E-state index contributed by atoms with van der Waals surface area (Å²) in [6.07, 6.45) is 2.67. The molecule has 1 aliphatic heterocycles. The van der Waals surface area contributed by atoms with Crippen LogP contribution in [0.15, 0.2) is 36.5 Å². The number of hydrogen-bond acceptors (Lipinski definition) is 4. The fraction of sp³-hybridized carbons (Fsp3) is 0.286. The molecule has 1 aliphatic rings. The molecule has 1 aromatic carbocycles. The third-order valence-electron chi connectivity index (χ3n) is 3.53. The van der Waals surface area contributed by atoms with Crippen molar-refractivity contribution in [1.82, 2.24) is 9.97 Å². The van der Waals surface area contributed by atoms with E-state index in [0.717, 1.165) is 25.3 Å². The van der Waals surface area contributed by atoms with Gasteiger partial charge in [0.2, 0.25) is 5.28 Å². The topological polar surface area (TPSA) is 55.0 Å². The molecule has 0 aliphatic carbocycles. The van der Waals surface area contributed by atoms with E-state index >= 15 is 0 Å². The van der Waals surface area contributed by atoms with Crippen molar-refractivity contribution in [2.24, 2.45) is 0 Å². The van der Waals surface area contributed by atoms with Crippen molar-refractivity contribution in [1.29, 1.82) is 0 Å². The molecule has 1 atom stereocenters. The van der Waals surface area contributed by atoms with Crippen molar-refractivity contribution in [3.8, 4) is 0 Å². The van der Waals surface area contributed by atoms with Crippen molar-refractivity contribution in [2.45, 2.75) is 12.3 Å². The van der Waals surface area contributed by atoms with E-state index in [4.69, 9.17) is 17.3 Å². The van der Waals surface area contributed by atoms with Crippen molar-refractivity contribution in [3.63, 3.8) is 0 Å². The van der Waals surface area contributed by atoms with Gasteiger partial charge in [0.05, 0.1) is 11.9 Å². The fourth-order valence-electron chi connectivity index (χ4n) is 2.56. The second-order valence-corrected chi connectivity index (χ2v) is 5.10. The quantitative estimate of drug-likeness (QED) is 0.856. The van der Waals surface area contributed by atoms with Crippen LogP contribution in [0.5, 0.6) is 0 Å². The molecule has 98 valence electrons. The summed E-state index contributed by atoms with van der Waals surface area (Å²) in [5, 5.41) is 0.243. The Morgan fingerprint density at radius 3 is 2.84 bits per heavy atom. The maximum atomic E-state index is 5.93. The van der Waals surface area contributed by atoms with Crippen LogP contribution in [-0.4, -0.2) is 23.1 Å². The standard InChI is InChI=1S/C14H15ClN4/c15-14-17-8-12(16)13(18-14)19-7-6-11(9-19)10-4-2-1-3-5-10/h1-5,8,11H,6-7,9,16H2. The maximum absolute atomic E-state index is 5.93. The number of halogens is 1. The Labute approximate surface area is 117 Å². The number of nitrogens with zero attached hydrogens (tertiary/aromatic N) is 3. The SMILES string of the molecule is Nc1cnc(Cl)nc1N1CCC(c2ccccc2)C1. The van der Waals surface area contributed by atoms with Gasteiger partial charge < -0.3 is 10.6 Å². The van der Waals surface area contributed by atoms with Gasteiger partial charge in [-0.2, -0.15) is 4.98 Å². The molecule has 1 unspecified atom stereocenters. The number of benzene rings is 1. The highest BCUT2D eigenvalue weighted by molar-refractivity contribution is 6.28. The molecular formula is C14H15ClN4. The lowest BCUT2D eigenvalue weighted by molar-refractivity contribution is 0.774. The Hall–Kier alpha value is -1.81. The van der Waals surface area contributed by atoms with E-state index < -0.39 is 0 Å². The number of rotatable bonds is 2. The second-order valence-electron chi connectivity index (χ2n) is 4.76. The van der Waals surface area contributed by atoms with E-state index in [1.54, 1.807) is 6.20 Å². The van der Waals surface area contributed by atoms with Crippen LogP contribution in [0.1, 0.15) is 17.9 Å². The third-order valence-corrected chi connectivity index (χ3v) is 3.71. The van der Waals surface area contributed by atoms with Crippen LogP contribution in [0.3, 0.4) is 0 Å². The van der Waals surface area contributed by atoms with Crippen molar-refractivity contribution >= 4 is 23.1 Å². The third kappa shape index (κ3) is 2.49. The van der Waals surface area contributed by atoms with Crippen molar-refractivity contribution in [3.05, 3.63) is 47.4 Å². The average molecular weight is 275 g/mol. The van der Waals surface area contributed by atoms with Gasteiger partial charge in [-0.25, -0.2) is 4.98 Å². The lowest BCUT2D eigenvalue weighted by Crippen LogP contribution is -2.22. The van der Waals surface area contributed by atoms with Crippen LogP contribution in [0.4, 0.5) is 11.5 Å². The number of nitrogens with two attached hydrogens (primary N) is 1. The minimum absolute atomic E-state index is 0.243. The van der Waals surface area contributed by atoms with Gasteiger partial charge in [0.1, 0.15) is 0 Å². The zero-order valence-corrected chi connectivity index (χ0v) is 11.2. The highest BCUT2D eigenvalue weighted by atomic mass is 35.5. The summed E-state index contributed by atoms with van der Waals surface area (Å²) < 4.78 is 0. The molecule has 0 spiro atoms. The molecule has 1 fully saturated rings. The number of nitrogen functional groups attached to an aromatic ring is 1.